The van der Waals surface area contributed by atoms with E-state index in [-0.39, 0.29) is 85.2 Å². The summed E-state index contributed by atoms with van der Waals surface area (Å²) in [5.74, 6) is -3.65. The zero-order valence-electron chi connectivity index (χ0n) is 4.62. The van der Waals surface area contributed by atoms with Gasteiger partial charge in [0.1, 0.15) is 0 Å². The molecule has 66 valence electrons. The molecule has 0 aliphatic rings. The monoisotopic (exact) mass is 236 g/mol. The van der Waals surface area contributed by atoms with Crippen LogP contribution in [-0.2, 0) is 27.0 Å². The molecular weight excluding hydrogens is 227 g/mol. The first-order valence-electron chi connectivity index (χ1n) is 1.11. The van der Waals surface area contributed by atoms with Gasteiger partial charge in [-0.15, -0.1) is 0 Å². The van der Waals surface area contributed by atoms with Gasteiger partial charge in [0.05, 0.1) is 0 Å². The summed E-state index contributed by atoms with van der Waals surface area (Å²) in [5, 5.41) is 14.8. The van der Waals surface area contributed by atoms with E-state index >= 15 is 0 Å². The fraction of sp³-hybridized carbons (Fsp3) is 0. The fourth-order valence-electron chi connectivity index (χ4n) is 0. The summed E-state index contributed by atoms with van der Waals surface area (Å²) < 4.78 is 0. The molecular formula is C2H9CrKO7. The molecule has 0 unspecified atom stereocenters. The van der Waals surface area contributed by atoms with Crippen molar-refractivity contribution in [2.24, 2.45) is 0 Å². The van der Waals surface area contributed by atoms with Crippen LogP contribution in [0, 0.1) is 0 Å². The Morgan fingerprint density at radius 3 is 0.909 bits per heavy atom. The molecule has 0 heterocycles. The first-order chi connectivity index (χ1) is 2.64. The van der Waals surface area contributed by atoms with Crippen LogP contribution in [0.4, 0.5) is 0 Å². The molecule has 9 heteroatoms. The Balaban J connectivity index is -0.0000000125. The number of aliphatic carboxylic acids is 2. The quantitative estimate of drug-likeness (QED) is 0.323. The number of hydrogen-bond donors (Lipinski definition) is 2. The Kier molecular flexibility index (Phi) is 82.4. The molecule has 7 nitrogen and oxygen atoms in total. The van der Waals surface area contributed by atoms with Crippen molar-refractivity contribution in [3.8, 4) is 0 Å². The van der Waals surface area contributed by atoms with Crippen LogP contribution in [0.25, 0.3) is 0 Å². The summed E-state index contributed by atoms with van der Waals surface area (Å²) in [7, 11) is 0. The first-order valence-corrected chi connectivity index (χ1v) is 1.11. The van der Waals surface area contributed by atoms with Crippen LogP contribution in [0.5, 0.6) is 0 Å². The SMILES string of the molecule is O.O.O.O=C(O)C(=O)O.[Cr].[KH]. The van der Waals surface area contributed by atoms with Crippen molar-refractivity contribution >= 4 is 63.3 Å². The third kappa shape index (κ3) is 35.7. The van der Waals surface area contributed by atoms with Gasteiger partial charge in [-0.3, -0.25) is 0 Å². The molecule has 0 radical (unpaired) electrons. The Hall–Kier alpha value is 0.989. The van der Waals surface area contributed by atoms with Crippen molar-refractivity contribution in [3.63, 3.8) is 0 Å². The Morgan fingerprint density at radius 1 is 0.818 bits per heavy atom. The molecule has 0 aromatic rings. The molecule has 0 bridgehead atoms. The Bertz CT molecular complexity index is 82.4. The number of hydrogen-bond acceptors (Lipinski definition) is 2. The fourth-order valence-corrected chi connectivity index (χ4v) is 0. The maximum absolute atomic E-state index is 9.10. The second-order valence-corrected chi connectivity index (χ2v) is 0.610. The van der Waals surface area contributed by atoms with Gasteiger partial charge >= 0.3 is 63.3 Å². The molecule has 0 saturated carbocycles. The number of rotatable bonds is 0. The molecule has 11 heavy (non-hydrogen) atoms. The van der Waals surface area contributed by atoms with Gasteiger partial charge in [0.25, 0.3) is 0 Å². The molecule has 0 aromatic heterocycles. The van der Waals surface area contributed by atoms with E-state index in [0.717, 1.165) is 0 Å². The molecule has 0 aliphatic heterocycles. The predicted molar refractivity (Wildman–Crippen MR) is 33.3 cm³/mol. The van der Waals surface area contributed by atoms with E-state index in [9.17, 15) is 0 Å². The molecule has 8 N–H and O–H groups in total. The van der Waals surface area contributed by atoms with Gasteiger partial charge in [-0.2, -0.15) is 0 Å². The molecule has 0 aliphatic carbocycles. The second-order valence-electron chi connectivity index (χ2n) is 0.610. The Labute approximate surface area is 115 Å². The molecule has 0 amide bonds. The summed E-state index contributed by atoms with van der Waals surface area (Å²) in [6, 6.07) is 0. The second kappa shape index (κ2) is 22.4. The minimum absolute atomic E-state index is 0. The van der Waals surface area contributed by atoms with Gasteiger partial charge in [0.2, 0.25) is 0 Å². The standard InChI is InChI=1S/C2H2O4.Cr.K.3H2O.H/c3-1(4)2(5)6;;;;;;/h(H,3,4)(H,5,6);;;3*1H2;. The number of carboxylic acid groups (broad SMARTS) is 2. The van der Waals surface area contributed by atoms with E-state index in [1.54, 1.807) is 0 Å². The topological polar surface area (TPSA) is 169 Å². The predicted octanol–water partition coefficient (Wildman–Crippen LogP) is -3.97. The van der Waals surface area contributed by atoms with E-state index in [2.05, 4.69) is 0 Å². The van der Waals surface area contributed by atoms with Gasteiger partial charge in [-0.1, -0.05) is 0 Å². The maximum atomic E-state index is 9.10. The minimum atomic E-state index is -1.82. The third-order valence-electron chi connectivity index (χ3n) is 0.183. The average molecular weight is 236 g/mol. The van der Waals surface area contributed by atoms with Crippen molar-refractivity contribution in [2.75, 3.05) is 0 Å². The van der Waals surface area contributed by atoms with Crippen molar-refractivity contribution in [3.05, 3.63) is 0 Å². The summed E-state index contributed by atoms with van der Waals surface area (Å²) in [6.45, 7) is 0. The molecule has 0 fully saturated rings. The Morgan fingerprint density at radius 2 is 0.909 bits per heavy atom. The van der Waals surface area contributed by atoms with Crippen LogP contribution in [0.15, 0.2) is 0 Å². The van der Waals surface area contributed by atoms with Crippen LogP contribution in [-0.4, -0.2) is 90.0 Å². The van der Waals surface area contributed by atoms with E-state index in [1.807, 2.05) is 0 Å². The molecule has 0 aromatic carbocycles. The normalized spacial score (nSPS) is 4.00. The number of carboxylic acids is 2. The first kappa shape index (κ1) is 40.4. The number of carbonyl (C=O) groups is 2. The van der Waals surface area contributed by atoms with Gasteiger partial charge in [0, 0.05) is 17.4 Å². The van der Waals surface area contributed by atoms with Crippen LogP contribution in [0.1, 0.15) is 0 Å². The molecule has 0 spiro atoms. The third-order valence-corrected chi connectivity index (χ3v) is 0.183. The van der Waals surface area contributed by atoms with Crippen molar-refractivity contribution in [1.29, 1.82) is 0 Å². The van der Waals surface area contributed by atoms with Gasteiger partial charge in [-0.25, -0.2) is 9.59 Å². The summed E-state index contributed by atoms with van der Waals surface area (Å²) in [5.41, 5.74) is 0. The zero-order chi connectivity index (χ0) is 5.15. The van der Waals surface area contributed by atoms with E-state index in [4.69, 9.17) is 19.8 Å². The van der Waals surface area contributed by atoms with Gasteiger partial charge in [-0.05, 0) is 0 Å². The van der Waals surface area contributed by atoms with Crippen LogP contribution < -0.4 is 0 Å². The van der Waals surface area contributed by atoms with E-state index in [0.29, 0.717) is 0 Å². The summed E-state index contributed by atoms with van der Waals surface area (Å²) in [4.78, 5) is 18.2. The van der Waals surface area contributed by atoms with Gasteiger partial charge in [0.15, 0.2) is 0 Å². The van der Waals surface area contributed by atoms with Gasteiger partial charge < -0.3 is 26.6 Å². The molecule has 0 saturated heterocycles. The van der Waals surface area contributed by atoms with Crippen LogP contribution >= 0.6 is 0 Å². The van der Waals surface area contributed by atoms with E-state index < -0.39 is 11.9 Å². The molecule has 0 atom stereocenters. The zero-order valence-corrected chi connectivity index (χ0v) is 5.89. The summed E-state index contributed by atoms with van der Waals surface area (Å²) in [6.07, 6.45) is 0. The molecule has 0 rings (SSSR count). The van der Waals surface area contributed by atoms with Crippen LogP contribution in [0.2, 0.25) is 0 Å². The average Bonchev–Trinajstić information content (AvgIpc) is 1.36. The van der Waals surface area contributed by atoms with Crippen molar-refractivity contribution in [2.45, 2.75) is 0 Å². The van der Waals surface area contributed by atoms with E-state index in [1.165, 1.54) is 0 Å². The van der Waals surface area contributed by atoms with Crippen molar-refractivity contribution < 1.29 is 53.6 Å². The van der Waals surface area contributed by atoms with Crippen LogP contribution in [0.3, 0.4) is 0 Å². The van der Waals surface area contributed by atoms with Crippen molar-refractivity contribution in [1.82, 2.24) is 0 Å². The summed E-state index contributed by atoms with van der Waals surface area (Å²) >= 11 is 0.